The lowest BCUT2D eigenvalue weighted by molar-refractivity contribution is -0.384. The quantitative estimate of drug-likeness (QED) is 0.669. The van der Waals surface area contributed by atoms with E-state index in [4.69, 9.17) is 4.74 Å². The van der Waals surface area contributed by atoms with Crippen LogP contribution in [0.3, 0.4) is 0 Å². The molecule has 1 aromatic carbocycles. The molecule has 1 N–H and O–H groups in total. The fraction of sp³-hybridized carbons (Fsp3) is 0.357. The number of methoxy groups -OCH3 is 1. The molecule has 6 nitrogen and oxygen atoms in total. The van der Waals surface area contributed by atoms with Gasteiger partial charge in [-0.1, -0.05) is 19.9 Å². The molecule has 0 saturated carbocycles. The Kier molecular flexibility index (Phi) is 4.02. The zero-order valence-electron chi connectivity index (χ0n) is 11.7. The summed E-state index contributed by atoms with van der Waals surface area (Å²) in [6.45, 7) is 4.72. The molecule has 0 atom stereocenters. The van der Waals surface area contributed by atoms with Gasteiger partial charge in [-0.15, -0.1) is 0 Å². The molecule has 0 saturated heterocycles. The molecule has 0 aliphatic rings. The van der Waals surface area contributed by atoms with Crippen molar-refractivity contribution in [2.24, 2.45) is 5.92 Å². The van der Waals surface area contributed by atoms with Gasteiger partial charge in [-0.3, -0.25) is 10.1 Å². The van der Waals surface area contributed by atoms with Crippen LogP contribution in [0.15, 0.2) is 24.4 Å². The number of nitro groups is 1. The summed E-state index contributed by atoms with van der Waals surface area (Å²) in [4.78, 5) is 14.9. The van der Waals surface area contributed by atoms with Crippen molar-refractivity contribution in [2.45, 2.75) is 13.8 Å². The fourth-order valence-corrected chi connectivity index (χ4v) is 2.00. The summed E-state index contributed by atoms with van der Waals surface area (Å²) >= 11 is 0. The van der Waals surface area contributed by atoms with Crippen LogP contribution in [-0.2, 0) is 0 Å². The van der Waals surface area contributed by atoms with E-state index < -0.39 is 4.92 Å². The average Bonchev–Trinajstić information content (AvgIpc) is 2.43. The van der Waals surface area contributed by atoms with Gasteiger partial charge in [0, 0.05) is 6.54 Å². The van der Waals surface area contributed by atoms with E-state index >= 15 is 0 Å². The van der Waals surface area contributed by atoms with E-state index in [1.807, 2.05) is 26.0 Å². The summed E-state index contributed by atoms with van der Waals surface area (Å²) in [5, 5.41) is 15.0. The molecule has 2 aromatic rings. The minimum atomic E-state index is -0.429. The van der Waals surface area contributed by atoms with Crippen LogP contribution in [0.2, 0.25) is 0 Å². The summed E-state index contributed by atoms with van der Waals surface area (Å²) < 4.78 is 5.31. The van der Waals surface area contributed by atoms with Crippen LogP contribution in [0.25, 0.3) is 10.9 Å². The Morgan fingerprint density at radius 3 is 2.80 bits per heavy atom. The van der Waals surface area contributed by atoms with Gasteiger partial charge in [0.2, 0.25) is 0 Å². The average molecular weight is 275 g/mol. The molecule has 2 rings (SSSR count). The molecule has 20 heavy (non-hydrogen) atoms. The molecule has 0 aliphatic heterocycles. The first-order valence-corrected chi connectivity index (χ1v) is 6.38. The van der Waals surface area contributed by atoms with Crippen LogP contribution in [-0.4, -0.2) is 23.6 Å². The summed E-state index contributed by atoms with van der Waals surface area (Å²) in [5.74, 6) is 0.942. The van der Waals surface area contributed by atoms with Crippen LogP contribution < -0.4 is 10.1 Å². The smallest absolute Gasteiger partial charge is 0.311 e. The van der Waals surface area contributed by atoms with Crippen LogP contribution in [0.1, 0.15) is 13.8 Å². The molecule has 0 fully saturated rings. The standard InChI is InChI=1S/C14H17N3O3/c1-9(2)7-16-14-11(17(18)19)8-15-10-5-4-6-12(20-3)13(10)14/h4-6,8-9H,7H2,1-3H3,(H,15,16). The Morgan fingerprint density at radius 1 is 1.45 bits per heavy atom. The normalized spacial score (nSPS) is 10.8. The van der Waals surface area contributed by atoms with Gasteiger partial charge in [-0.25, -0.2) is 4.98 Å². The Morgan fingerprint density at radius 2 is 2.20 bits per heavy atom. The van der Waals surface area contributed by atoms with Crippen molar-refractivity contribution in [3.63, 3.8) is 0 Å². The molecular formula is C14H17N3O3. The summed E-state index contributed by atoms with van der Waals surface area (Å²) in [7, 11) is 1.54. The van der Waals surface area contributed by atoms with E-state index in [2.05, 4.69) is 10.3 Å². The van der Waals surface area contributed by atoms with E-state index in [0.29, 0.717) is 34.8 Å². The Labute approximate surface area is 116 Å². The maximum atomic E-state index is 11.2. The molecule has 106 valence electrons. The highest BCUT2D eigenvalue weighted by Gasteiger charge is 2.20. The van der Waals surface area contributed by atoms with Gasteiger partial charge >= 0.3 is 5.69 Å². The molecule has 0 aliphatic carbocycles. The van der Waals surface area contributed by atoms with Crippen LogP contribution in [0.4, 0.5) is 11.4 Å². The van der Waals surface area contributed by atoms with Crippen LogP contribution in [0, 0.1) is 16.0 Å². The number of nitrogens with one attached hydrogen (secondary N) is 1. The Balaban J connectivity index is 2.68. The topological polar surface area (TPSA) is 77.3 Å². The fourth-order valence-electron chi connectivity index (χ4n) is 2.00. The van der Waals surface area contributed by atoms with Crippen molar-refractivity contribution >= 4 is 22.3 Å². The third-order valence-electron chi connectivity index (χ3n) is 2.94. The zero-order chi connectivity index (χ0) is 14.7. The van der Waals surface area contributed by atoms with Crippen molar-refractivity contribution in [3.8, 4) is 5.75 Å². The second-order valence-electron chi connectivity index (χ2n) is 4.90. The maximum Gasteiger partial charge on any atom is 0.311 e. The lowest BCUT2D eigenvalue weighted by Gasteiger charge is -2.13. The van der Waals surface area contributed by atoms with Crippen molar-refractivity contribution < 1.29 is 9.66 Å². The second-order valence-corrected chi connectivity index (χ2v) is 4.90. The monoisotopic (exact) mass is 275 g/mol. The van der Waals surface area contributed by atoms with Crippen molar-refractivity contribution in [2.75, 3.05) is 19.0 Å². The minimum Gasteiger partial charge on any atom is -0.496 e. The van der Waals surface area contributed by atoms with Gasteiger partial charge in [0.25, 0.3) is 0 Å². The summed E-state index contributed by atoms with van der Waals surface area (Å²) in [6, 6.07) is 5.39. The highest BCUT2D eigenvalue weighted by atomic mass is 16.6. The number of nitrogens with zero attached hydrogens (tertiary/aromatic N) is 2. The molecular weight excluding hydrogens is 258 g/mol. The lowest BCUT2D eigenvalue weighted by Crippen LogP contribution is -2.10. The van der Waals surface area contributed by atoms with Gasteiger partial charge < -0.3 is 10.1 Å². The number of rotatable bonds is 5. The van der Waals surface area contributed by atoms with Gasteiger partial charge in [0.15, 0.2) is 0 Å². The van der Waals surface area contributed by atoms with Gasteiger partial charge in [-0.2, -0.15) is 0 Å². The van der Waals surface area contributed by atoms with Crippen LogP contribution in [0.5, 0.6) is 5.75 Å². The molecule has 0 radical (unpaired) electrons. The predicted molar refractivity (Wildman–Crippen MR) is 78.3 cm³/mol. The molecule has 0 amide bonds. The van der Waals surface area contributed by atoms with Crippen molar-refractivity contribution in [1.82, 2.24) is 4.98 Å². The highest BCUT2D eigenvalue weighted by molar-refractivity contribution is 6.00. The number of benzene rings is 1. The third kappa shape index (κ3) is 2.64. The van der Waals surface area contributed by atoms with E-state index in [1.165, 1.54) is 6.20 Å². The van der Waals surface area contributed by atoms with Crippen LogP contribution >= 0.6 is 0 Å². The molecule has 0 spiro atoms. The van der Waals surface area contributed by atoms with E-state index in [9.17, 15) is 10.1 Å². The first-order chi connectivity index (χ1) is 9.54. The minimum absolute atomic E-state index is 0.0392. The first kappa shape index (κ1) is 14.0. The lowest BCUT2D eigenvalue weighted by atomic mass is 10.1. The number of pyridine rings is 1. The molecule has 1 aromatic heterocycles. The predicted octanol–water partition coefficient (Wildman–Crippen LogP) is 3.22. The van der Waals surface area contributed by atoms with E-state index in [1.54, 1.807) is 13.2 Å². The maximum absolute atomic E-state index is 11.2. The number of ether oxygens (including phenoxy) is 1. The van der Waals surface area contributed by atoms with Gasteiger partial charge in [0.05, 0.1) is 22.9 Å². The van der Waals surface area contributed by atoms with Gasteiger partial charge in [-0.05, 0) is 18.1 Å². The molecule has 0 bridgehead atoms. The number of fused-ring (bicyclic) bond motifs is 1. The van der Waals surface area contributed by atoms with E-state index in [-0.39, 0.29) is 5.69 Å². The Hall–Kier alpha value is -2.37. The third-order valence-corrected chi connectivity index (χ3v) is 2.94. The summed E-state index contributed by atoms with van der Waals surface area (Å²) in [5.41, 5.74) is 1.09. The zero-order valence-corrected chi connectivity index (χ0v) is 11.7. The molecule has 0 unspecified atom stereocenters. The second kappa shape index (κ2) is 5.73. The van der Waals surface area contributed by atoms with Gasteiger partial charge in [0.1, 0.15) is 17.6 Å². The number of aromatic nitrogens is 1. The summed E-state index contributed by atoms with van der Waals surface area (Å²) in [6.07, 6.45) is 1.28. The van der Waals surface area contributed by atoms with Crippen molar-refractivity contribution in [1.29, 1.82) is 0 Å². The number of hydrogen-bond acceptors (Lipinski definition) is 5. The Bertz CT molecular complexity index is 641. The number of anilines is 1. The number of hydrogen-bond donors (Lipinski definition) is 1. The SMILES string of the molecule is COc1cccc2ncc([N+](=O)[O-])c(NCC(C)C)c12. The van der Waals surface area contributed by atoms with Crippen molar-refractivity contribution in [3.05, 3.63) is 34.5 Å². The molecule has 6 heteroatoms. The highest BCUT2D eigenvalue weighted by Crippen LogP contribution is 2.37. The largest absolute Gasteiger partial charge is 0.496 e. The van der Waals surface area contributed by atoms with E-state index in [0.717, 1.165) is 0 Å². The molecule has 1 heterocycles. The first-order valence-electron chi connectivity index (χ1n) is 6.38.